The molecule has 0 unspecified atom stereocenters. The first-order valence-electron chi connectivity index (χ1n) is 9.33. The first kappa shape index (κ1) is 20.5. The van der Waals surface area contributed by atoms with Gasteiger partial charge in [0.05, 0.1) is 10.3 Å². The summed E-state index contributed by atoms with van der Waals surface area (Å²) in [7, 11) is -0.785. The largest absolute Gasteiger partial charge is 0.324 e. The van der Waals surface area contributed by atoms with E-state index in [4.69, 9.17) is 0 Å². The van der Waals surface area contributed by atoms with Gasteiger partial charge in [0.25, 0.3) is 0 Å². The monoisotopic (exact) mass is 407 g/mol. The van der Waals surface area contributed by atoms with E-state index in [2.05, 4.69) is 5.32 Å². The molecule has 28 heavy (non-hydrogen) atoms. The summed E-state index contributed by atoms with van der Waals surface area (Å²) in [5.74, 6) is -1.10. The number of likely N-dealkylation sites (tertiary alicyclic amines) is 1. The number of benzene rings is 1. The van der Waals surface area contributed by atoms with Crippen LogP contribution in [0.5, 0.6) is 0 Å². The third kappa shape index (κ3) is 3.81. The lowest BCUT2D eigenvalue weighted by Crippen LogP contribution is -2.41. The molecule has 0 radical (unpaired) electrons. The molecule has 8 nitrogen and oxygen atoms in total. The Morgan fingerprint density at radius 2 is 1.86 bits per heavy atom. The Morgan fingerprint density at radius 1 is 1.18 bits per heavy atom. The molecule has 1 saturated heterocycles. The number of amides is 3. The summed E-state index contributed by atoms with van der Waals surface area (Å²) in [4.78, 5) is 38.6. The maximum absolute atomic E-state index is 12.8. The third-order valence-electron chi connectivity index (χ3n) is 5.50. The van der Waals surface area contributed by atoms with E-state index >= 15 is 0 Å². The molecule has 1 heterocycles. The Kier molecular flexibility index (Phi) is 5.58. The molecule has 1 spiro atoms. The van der Waals surface area contributed by atoms with E-state index in [1.54, 1.807) is 6.07 Å². The number of sulfonamides is 1. The fourth-order valence-corrected chi connectivity index (χ4v) is 4.88. The summed E-state index contributed by atoms with van der Waals surface area (Å²) in [6, 6.07) is 5.87. The van der Waals surface area contributed by atoms with Crippen molar-refractivity contribution in [1.29, 1.82) is 0 Å². The zero-order valence-electron chi connectivity index (χ0n) is 16.1. The molecule has 1 N–H and O–H groups in total. The normalized spacial score (nSPS) is 19.5. The van der Waals surface area contributed by atoms with Crippen molar-refractivity contribution in [2.75, 3.05) is 26.0 Å². The van der Waals surface area contributed by atoms with Gasteiger partial charge in [-0.2, -0.15) is 0 Å². The summed E-state index contributed by atoms with van der Waals surface area (Å²) >= 11 is 0. The molecule has 152 valence electrons. The fourth-order valence-electron chi connectivity index (χ4n) is 3.93. The minimum Gasteiger partial charge on any atom is -0.324 e. The molecular weight excluding hydrogens is 382 g/mol. The van der Waals surface area contributed by atoms with Crippen LogP contribution in [0.2, 0.25) is 0 Å². The van der Waals surface area contributed by atoms with Gasteiger partial charge in [-0.3, -0.25) is 19.3 Å². The van der Waals surface area contributed by atoms with Gasteiger partial charge in [-0.1, -0.05) is 25.3 Å². The molecule has 1 aromatic rings. The molecule has 0 atom stereocenters. The smallest absolute Gasteiger partial charge is 0.244 e. The minimum atomic E-state index is -3.63. The summed E-state index contributed by atoms with van der Waals surface area (Å²) in [6.07, 6.45) is 4.48. The highest BCUT2D eigenvalue weighted by Gasteiger charge is 2.51. The zero-order chi connectivity index (χ0) is 20.5. The van der Waals surface area contributed by atoms with Gasteiger partial charge in [-0.15, -0.1) is 0 Å². The lowest BCUT2D eigenvalue weighted by Gasteiger charge is -2.30. The van der Waals surface area contributed by atoms with Gasteiger partial charge in [0.15, 0.2) is 0 Å². The average Bonchev–Trinajstić information content (AvgIpc) is 2.86. The second-order valence-corrected chi connectivity index (χ2v) is 9.82. The van der Waals surface area contributed by atoms with Crippen LogP contribution in [0.25, 0.3) is 0 Å². The molecule has 3 rings (SSSR count). The highest BCUT2D eigenvalue weighted by atomic mass is 32.2. The van der Waals surface area contributed by atoms with Crippen molar-refractivity contribution in [3.8, 4) is 0 Å². The number of nitrogens with zero attached hydrogens (tertiary/aromatic N) is 2. The predicted molar refractivity (Wildman–Crippen MR) is 103 cm³/mol. The molecule has 9 heteroatoms. The van der Waals surface area contributed by atoms with Crippen LogP contribution in [-0.2, 0) is 24.4 Å². The van der Waals surface area contributed by atoms with E-state index in [0.717, 1.165) is 28.5 Å². The van der Waals surface area contributed by atoms with Crippen molar-refractivity contribution in [3.05, 3.63) is 24.3 Å². The third-order valence-corrected chi connectivity index (χ3v) is 7.31. The van der Waals surface area contributed by atoms with Gasteiger partial charge in [0.1, 0.15) is 6.54 Å². The van der Waals surface area contributed by atoms with Crippen LogP contribution in [0.3, 0.4) is 0 Å². The molecule has 3 amide bonds. The molecule has 2 aliphatic rings. The Bertz CT molecular complexity index is 904. The van der Waals surface area contributed by atoms with Crippen LogP contribution in [0, 0.1) is 5.41 Å². The molecule has 0 bridgehead atoms. The molecule has 1 saturated carbocycles. The minimum absolute atomic E-state index is 0.0461. The van der Waals surface area contributed by atoms with E-state index < -0.39 is 21.3 Å². The average molecular weight is 407 g/mol. The standard InChI is InChI=1S/C19H25N3O5S/c1-21(2)28(26,27)15-8-6-7-14(11-15)20-16(23)13-22-17(24)12-19(18(22)25)9-4-3-5-10-19/h6-8,11H,3-5,9-10,12-13H2,1-2H3,(H,20,23). The number of hydrogen-bond acceptors (Lipinski definition) is 5. The van der Waals surface area contributed by atoms with Gasteiger partial charge in [0, 0.05) is 26.2 Å². The summed E-state index contributed by atoms with van der Waals surface area (Å²) < 4.78 is 25.5. The molecule has 1 aliphatic heterocycles. The summed E-state index contributed by atoms with van der Waals surface area (Å²) in [6.45, 7) is -0.357. The van der Waals surface area contributed by atoms with Gasteiger partial charge in [-0.05, 0) is 31.0 Å². The molecular formula is C19H25N3O5S. The summed E-state index contributed by atoms with van der Waals surface area (Å²) in [5.41, 5.74) is -0.339. The van der Waals surface area contributed by atoms with Crippen LogP contribution < -0.4 is 5.32 Å². The highest BCUT2D eigenvalue weighted by molar-refractivity contribution is 7.89. The van der Waals surface area contributed by atoms with E-state index in [9.17, 15) is 22.8 Å². The van der Waals surface area contributed by atoms with Crippen LogP contribution in [0.4, 0.5) is 5.69 Å². The highest BCUT2D eigenvalue weighted by Crippen LogP contribution is 2.45. The quantitative estimate of drug-likeness (QED) is 0.747. The number of nitrogens with one attached hydrogen (secondary N) is 1. The van der Waals surface area contributed by atoms with Crippen LogP contribution >= 0.6 is 0 Å². The van der Waals surface area contributed by atoms with Crippen molar-refractivity contribution >= 4 is 33.4 Å². The first-order valence-corrected chi connectivity index (χ1v) is 10.8. The number of rotatable bonds is 5. The molecule has 0 aromatic heterocycles. The van der Waals surface area contributed by atoms with Crippen molar-refractivity contribution in [2.45, 2.75) is 43.4 Å². The van der Waals surface area contributed by atoms with Crippen molar-refractivity contribution < 1.29 is 22.8 Å². The van der Waals surface area contributed by atoms with Gasteiger partial charge in [0.2, 0.25) is 27.7 Å². The summed E-state index contributed by atoms with van der Waals surface area (Å²) in [5, 5.41) is 2.58. The topological polar surface area (TPSA) is 104 Å². The van der Waals surface area contributed by atoms with Gasteiger partial charge >= 0.3 is 0 Å². The van der Waals surface area contributed by atoms with Crippen molar-refractivity contribution in [1.82, 2.24) is 9.21 Å². The van der Waals surface area contributed by atoms with Crippen LogP contribution in [-0.4, -0.2) is 56.0 Å². The Hall–Kier alpha value is -2.26. The fraction of sp³-hybridized carbons (Fsp3) is 0.526. The number of carbonyl (C=O) groups excluding carboxylic acids is 3. The maximum Gasteiger partial charge on any atom is 0.244 e. The second kappa shape index (κ2) is 7.63. The molecule has 1 aromatic carbocycles. The lowest BCUT2D eigenvalue weighted by atomic mass is 9.73. The predicted octanol–water partition coefficient (Wildman–Crippen LogP) is 1.58. The van der Waals surface area contributed by atoms with Crippen molar-refractivity contribution in [3.63, 3.8) is 0 Å². The first-order chi connectivity index (χ1) is 13.2. The van der Waals surface area contributed by atoms with E-state index in [1.165, 1.54) is 32.3 Å². The maximum atomic E-state index is 12.8. The van der Waals surface area contributed by atoms with E-state index in [0.29, 0.717) is 18.5 Å². The number of carbonyl (C=O) groups is 3. The lowest BCUT2D eigenvalue weighted by molar-refractivity contribution is -0.144. The second-order valence-electron chi connectivity index (χ2n) is 7.67. The Labute approximate surface area is 164 Å². The molecule has 1 aliphatic carbocycles. The number of hydrogen-bond donors (Lipinski definition) is 1. The number of anilines is 1. The van der Waals surface area contributed by atoms with E-state index in [1.807, 2.05) is 0 Å². The number of imide groups is 1. The van der Waals surface area contributed by atoms with Gasteiger partial charge < -0.3 is 5.32 Å². The van der Waals surface area contributed by atoms with E-state index in [-0.39, 0.29) is 29.7 Å². The Balaban J connectivity index is 1.69. The SMILES string of the molecule is CN(C)S(=O)(=O)c1cccc(NC(=O)CN2C(=O)CC3(CCCCC3)C2=O)c1. The van der Waals surface area contributed by atoms with Crippen LogP contribution in [0.15, 0.2) is 29.2 Å². The Morgan fingerprint density at radius 3 is 2.50 bits per heavy atom. The zero-order valence-corrected chi connectivity index (χ0v) is 16.9. The van der Waals surface area contributed by atoms with Gasteiger partial charge in [-0.25, -0.2) is 12.7 Å². The van der Waals surface area contributed by atoms with Crippen LogP contribution in [0.1, 0.15) is 38.5 Å². The van der Waals surface area contributed by atoms with Crippen molar-refractivity contribution in [2.24, 2.45) is 5.41 Å². The molecule has 2 fully saturated rings.